The fourth-order valence-corrected chi connectivity index (χ4v) is 7.02. The number of nitrogens with zero attached hydrogens (tertiary/aromatic N) is 2. The predicted octanol–water partition coefficient (Wildman–Crippen LogP) is 4.56. The van der Waals surface area contributed by atoms with Crippen molar-refractivity contribution in [2.75, 3.05) is 5.88 Å². The van der Waals surface area contributed by atoms with Crippen molar-refractivity contribution in [3.05, 3.63) is 122 Å². The van der Waals surface area contributed by atoms with E-state index < -0.39 is 30.9 Å². The third-order valence-electron chi connectivity index (χ3n) is 4.79. The Morgan fingerprint density at radius 1 is 0.719 bits per heavy atom. The van der Waals surface area contributed by atoms with Crippen molar-refractivity contribution in [1.29, 1.82) is 0 Å². The summed E-state index contributed by atoms with van der Waals surface area (Å²) in [6.45, 7) is 0. The van der Waals surface area contributed by atoms with E-state index in [4.69, 9.17) is 20.5 Å². The Kier molecular flexibility index (Phi) is 8.07. The second-order valence-corrected chi connectivity index (χ2v) is 10.3. The Morgan fingerprint density at radius 3 is 1.44 bits per heavy atom. The van der Waals surface area contributed by atoms with Crippen molar-refractivity contribution in [1.82, 2.24) is 0 Å². The van der Waals surface area contributed by atoms with E-state index in [9.17, 15) is 20.2 Å². The fraction of sp³-hybridized carbons (Fsp3) is 0.182. The molecule has 2 atom stereocenters. The van der Waals surface area contributed by atoms with E-state index in [-0.39, 0.29) is 11.9 Å². The van der Waals surface area contributed by atoms with Gasteiger partial charge in [-0.05, 0) is 29.5 Å². The van der Waals surface area contributed by atoms with Crippen LogP contribution in [0.4, 0.5) is 0 Å². The molecular formula is C22H21ClN2O6Si. The van der Waals surface area contributed by atoms with Gasteiger partial charge in [0, 0.05) is 11.9 Å². The summed E-state index contributed by atoms with van der Waals surface area (Å²) in [5.74, 6) is 0.0412. The maximum Gasteiger partial charge on any atom is 0.384 e. The Morgan fingerprint density at radius 2 is 1.09 bits per heavy atom. The highest BCUT2D eigenvalue weighted by atomic mass is 35.5. The van der Waals surface area contributed by atoms with Crippen LogP contribution >= 0.6 is 11.6 Å². The summed E-state index contributed by atoms with van der Waals surface area (Å²) < 4.78 is 12.3. The molecule has 0 heterocycles. The molecule has 8 nitrogen and oxygen atoms in total. The van der Waals surface area contributed by atoms with Crippen LogP contribution in [0.3, 0.4) is 0 Å². The van der Waals surface area contributed by atoms with E-state index in [1.54, 1.807) is 91.0 Å². The average Bonchev–Trinajstić information content (AvgIpc) is 2.82. The van der Waals surface area contributed by atoms with Crippen molar-refractivity contribution in [3.63, 3.8) is 0 Å². The number of benzene rings is 3. The second kappa shape index (κ2) is 11.0. The first-order chi connectivity index (χ1) is 15.5. The van der Waals surface area contributed by atoms with E-state index in [0.29, 0.717) is 16.3 Å². The third kappa shape index (κ3) is 5.57. The van der Waals surface area contributed by atoms with Gasteiger partial charge in [-0.2, -0.15) is 0 Å². The number of hydrogen-bond acceptors (Lipinski definition) is 6. The SMILES string of the molecule is O=[N+]([O-])C(O[Si](CCCl)(OC(c1ccccc1)[N+](=O)[O-])c1ccccc1)c1ccccc1. The van der Waals surface area contributed by atoms with Gasteiger partial charge in [-0.1, -0.05) is 66.7 Å². The van der Waals surface area contributed by atoms with Gasteiger partial charge in [-0.3, -0.25) is 20.2 Å². The Hall–Kier alpha value is -3.11. The summed E-state index contributed by atoms with van der Waals surface area (Å²) in [5, 5.41) is 24.5. The van der Waals surface area contributed by atoms with Crippen LogP contribution in [-0.4, -0.2) is 24.3 Å². The van der Waals surface area contributed by atoms with Crippen LogP contribution in [0.1, 0.15) is 23.6 Å². The number of rotatable bonds is 11. The van der Waals surface area contributed by atoms with Gasteiger partial charge in [0.25, 0.3) is 0 Å². The molecule has 3 aromatic rings. The molecule has 0 saturated heterocycles. The quantitative estimate of drug-likeness (QED) is 0.133. The second-order valence-electron chi connectivity index (χ2n) is 6.89. The monoisotopic (exact) mass is 472 g/mol. The number of halogens is 1. The molecular weight excluding hydrogens is 452 g/mol. The zero-order chi connectivity index (χ0) is 23.0. The molecule has 0 amide bonds. The number of hydrogen-bond donors (Lipinski definition) is 0. The molecule has 0 aliphatic rings. The van der Waals surface area contributed by atoms with Crippen molar-refractivity contribution in [2.45, 2.75) is 18.5 Å². The van der Waals surface area contributed by atoms with Crippen LogP contribution < -0.4 is 5.19 Å². The summed E-state index contributed by atoms with van der Waals surface area (Å²) in [4.78, 5) is 22.8. The molecule has 2 unspecified atom stereocenters. The molecule has 0 aliphatic heterocycles. The predicted molar refractivity (Wildman–Crippen MR) is 122 cm³/mol. The molecule has 166 valence electrons. The summed E-state index contributed by atoms with van der Waals surface area (Å²) in [6.07, 6.45) is -3.15. The third-order valence-corrected chi connectivity index (χ3v) is 8.63. The molecule has 0 N–H and O–H groups in total. The van der Waals surface area contributed by atoms with E-state index in [1.165, 1.54) is 0 Å². The lowest BCUT2D eigenvalue weighted by atomic mass is 10.2. The molecule has 0 saturated carbocycles. The van der Waals surface area contributed by atoms with Gasteiger partial charge < -0.3 is 8.85 Å². The molecule has 0 fully saturated rings. The van der Waals surface area contributed by atoms with Crippen LogP contribution in [-0.2, 0) is 8.85 Å². The van der Waals surface area contributed by atoms with Gasteiger partial charge in [-0.25, -0.2) is 0 Å². The molecule has 0 aliphatic carbocycles. The molecule has 10 heteroatoms. The lowest BCUT2D eigenvalue weighted by molar-refractivity contribution is -0.584. The molecule has 0 radical (unpaired) electrons. The number of nitro groups is 2. The van der Waals surface area contributed by atoms with E-state index in [1.807, 2.05) is 0 Å². The zero-order valence-corrected chi connectivity index (χ0v) is 18.7. The van der Waals surface area contributed by atoms with Gasteiger partial charge in [0.05, 0.1) is 21.0 Å². The highest BCUT2D eigenvalue weighted by Crippen LogP contribution is 2.31. The van der Waals surface area contributed by atoms with Crippen molar-refractivity contribution in [2.24, 2.45) is 0 Å². The Labute approximate surface area is 190 Å². The average molecular weight is 473 g/mol. The van der Waals surface area contributed by atoms with Gasteiger partial charge in [-0.15, -0.1) is 11.6 Å². The molecule has 0 bridgehead atoms. The van der Waals surface area contributed by atoms with Gasteiger partial charge in [0.1, 0.15) is 0 Å². The van der Waals surface area contributed by atoms with Crippen LogP contribution in [0.25, 0.3) is 0 Å². The first-order valence-electron chi connectivity index (χ1n) is 9.81. The van der Waals surface area contributed by atoms with Crippen LogP contribution in [0.15, 0.2) is 91.0 Å². The van der Waals surface area contributed by atoms with Crippen LogP contribution in [0.2, 0.25) is 6.04 Å². The first kappa shape index (κ1) is 23.5. The van der Waals surface area contributed by atoms with Gasteiger partial charge in [0.2, 0.25) is 0 Å². The summed E-state index contributed by atoms with van der Waals surface area (Å²) in [7, 11) is -3.80. The standard InChI is InChI=1S/C22H21ClN2O6Si/c23-16-17-32(20-14-8-3-9-15-20,30-21(24(26)27)18-10-4-1-5-11-18)31-22(25(28)29)19-12-6-2-7-13-19/h1-15,21-22H,16-17H2. The smallest absolute Gasteiger partial charge is 0.324 e. The van der Waals surface area contributed by atoms with Crippen molar-refractivity contribution < 1.29 is 18.7 Å². The van der Waals surface area contributed by atoms with E-state index in [0.717, 1.165) is 0 Å². The summed E-state index contributed by atoms with van der Waals surface area (Å²) >= 11 is 6.09. The number of alkyl halides is 1. The zero-order valence-electron chi connectivity index (χ0n) is 17.0. The van der Waals surface area contributed by atoms with Gasteiger partial charge in [0.15, 0.2) is 0 Å². The summed E-state index contributed by atoms with van der Waals surface area (Å²) in [6, 6.07) is 25.1. The summed E-state index contributed by atoms with van der Waals surface area (Å²) in [5.41, 5.74) is 0.613. The minimum atomic E-state index is -3.80. The first-order valence-corrected chi connectivity index (χ1v) is 12.4. The molecule has 3 rings (SSSR count). The van der Waals surface area contributed by atoms with Crippen LogP contribution in [0, 0.1) is 20.2 Å². The van der Waals surface area contributed by atoms with Crippen LogP contribution in [0.5, 0.6) is 0 Å². The van der Waals surface area contributed by atoms with Crippen molar-refractivity contribution in [3.8, 4) is 0 Å². The fourth-order valence-electron chi connectivity index (χ4n) is 3.30. The maximum absolute atomic E-state index is 12.0. The molecule has 0 spiro atoms. The Balaban J connectivity index is 2.12. The lowest BCUT2D eigenvalue weighted by Crippen LogP contribution is -2.56. The van der Waals surface area contributed by atoms with Gasteiger partial charge >= 0.3 is 21.0 Å². The largest absolute Gasteiger partial charge is 0.384 e. The minimum Gasteiger partial charge on any atom is -0.324 e. The minimum absolute atomic E-state index is 0.0412. The topological polar surface area (TPSA) is 105 Å². The highest BCUT2D eigenvalue weighted by molar-refractivity contribution is 6.81. The Bertz CT molecular complexity index is 967. The normalized spacial score (nSPS) is 14.8. The van der Waals surface area contributed by atoms with E-state index >= 15 is 0 Å². The molecule has 32 heavy (non-hydrogen) atoms. The highest BCUT2D eigenvalue weighted by Gasteiger charge is 2.50. The maximum atomic E-state index is 12.0. The molecule has 3 aromatic carbocycles. The van der Waals surface area contributed by atoms with Crippen molar-refractivity contribution >= 4 is 25.3 Å². The lowest BCUT2D eigenvalue weighted by Gasteiger charge is -2.32. The van der Waals surface area contributed by atoms with E-state index in [2.05, 4.69) is 0 Å². The molecule has 0 aromatic heterocycles.